The van der Waals surface area contributed by atoms with Gasteiger partial charge in [-0.3, -0.25) is 14.7 Å². The Kier molecular flexibility index (Phi) is 4.09. The van der Waals surface area contributed by atoms with Crippen molar-refractivity contribution in [3.8, 4) is 0 Å². The first-order chi connectivity index (χ1) is 8.74. The van der Waals surface area contributed by atoms with Crippen LogP contribution in [-0.4, -0.2) is 27.5 Å². The third-order valence-electron chi connectivity index (χ3n) is 2.47. The Morgan fingerprint density at radius 3 is 2.67 bits per heavy atom. The monoisotopic (exact) mass is 246 g/mol. The first kappa shape index (κ1) is 12.3. The number of pyridine rings is 1. The maximum absolute atomic E-state index is 10.8. The lowest BCUT2D eigenvalue weighted by molar-refractivity contribution is -0.138. The maximum Gasteiger partial charge on any atom is 0.317 e. The molecule has 0 atom stereocenters. The van der Waals surface area contributed by atoms with Crippen LogP contribution in [0.4, 0.5) is 0 Å². The molecular weight excluding hydrogens is 232 g/mol. The molecule has 0 aliphatic carbocycles. The van der Waals surface area contributed by atoms with E-state index in [-0.39, 0.29) is 6.54 Å². The van der Waals surface area contributed by atoms with Crippen LogP contribution in [0.5, 0.6) is 0 Å². The number of carboxylic acids is 1. The molecule has 18 heavy (non-hydrogen) atoms. The average Bonchev–Trinajstić information content (AvgIpc) is 2.82. The van der Waals surface area contributed by atoms with Gasteiger partial charge in [0.05, 0.1) is 19.4 Å². The molecule has 0 bridgehead atoms. The van der Waals surface area contributed by atoms with Gasteiger partial charge in [-0.15, -0.1) is 0 Å². The molecule has 0 fully saturated rings. The van der Waals surface area contributed by atoms with E-state index < -0.39 is 5.97 Å². The van der Waals surface area contributed by atoms with Gasteiger partial charge in [0.1, 0.15) is 5.76 Å². The minimum absolute atomic E-state index is 0.0248. The summed E-state index contributed by atoms with van der Waals surface area (Å²) >= 11 is 0. The lowest BCUT2D eigenvalue weighted by Crippen LogP contribution is -2.28. The molecule has 0 amide bonds. The number of carbonyl (C=O) groups is 1. The predicted octanol–water partition coefficient (Wildman–Crippen LogP) is 1.76. The molecule has 0 aromatic carbocycles. The smallest absolute Gasteiger partial charge is 0.317 e. The van der Waals surface area contributed by atoms with Crippen LogP contribution in [0.1, 0.15) is 11.3 Å². The fourth-order valence-corrected chi connectivity index (χ4v) is 1.73. The van der Waals surface area contributed by atoms with Crippen LogP contribution >= 0.6 is 0 Å². The molecule has 2 rings (SSSR count). The van der Waals surface area contributed by atoms with Crippen molar-refractivity contribution >= 4 is 5.97 Å². The van der Waals surface area contributed by atoms with Gasteiger partial charge in [-0.2, -0.15) is 0 Å². The van der Waals surface area contributed by atoms with Crippen LogP contribution < -0.4 is 0 Å². The van der Waals surface area contributed by atoms with Crippen molar-refractivity contribution in [1.82, 2.24) is 9.88 Å². The molecule has 5 nitrogen and oxygen atoms in total. The number of aromatic nitrogens is 1. The van der Waals surface area contributed by atoms with Gasteiger partial charge < -0.3 is 9.52 Å². The zero-order valence-corrected chi connectivity index (χ0v) is 9.82. The van der Waals surface area contributed by atoms with Gasteiger partial charge in [0.15, 0.2) is 0 Å². The minimum Gasteiger partial charge on any atom is -0.480 e. The largest absolute Gasteiger partial charge is 0.480 e. The van der Waals surface area contributed by atoms with Crippen LogP contribution in [0.3, 0.4) is 0 Å². The van der Waals surface area contributed by atoms with Crippen molar-refractivity contribution in [3.05, 3.63) is 54.2 Å². The van der Waals surface area contributed by atoms with Crippen LogP contribution in [0, 0.1) is 0 Å². The Bertz CT molecular complexity index is 482. The normalized spacial score (nSPS) is 10.7. The first-order valence-electron chi connectivity index (χ1n) is 5.59. The summed E-state index contributed by atoms with van der Waals surface area (Å²) in [6.45, 7) is 1.00. The molecule has 94 valence electrons. The Morgan fingerprint density at radius 1 is 1.28 bits per heavy atom. The quantitative estimate of drug-likeness (QED) is 0.841. The zero-order valence-electron chi connectivity index (χ0n) is 9.82. The van der Waals surface area contributed by atoms with Crippen LogP contribution in [-0.2, 0) is 17.9 Å². The molecule has 0 aliphatic rings. The summed E-state index contributed by atoms with van der Waals surface area (Å²) in [5.41, 5.74) is 1.03. The molecule has 1 N–H and O–H groups in total. The molecule has 2 aromatic rings. The minimum atomic E-state index is -0.851. The van der Waals surface area contributed by atoms with E-state index in [1.807, 2.05) is 18.2 Å². The molecule has 0 saturated carbocycles. The Labute approximate surface area is 105 Å². The van der Waals surface area contributed by atoms with Crippen LogP contribution in [0.15, 0.2) is 47.3 Å². The van der Waals surface area contributed by atoms with E-state index in [4.69, 9.17) is 9.52 Å². The highest BCUT2D eigenvalue weighted by molar-refractivity contribution is 5.69. The van der Waals surface area contributed by atoms with Crippen molar-refractivity contribution in [2.75, 3.05) is 6.54 Å². The van der Waals surface area contributed by atoms with Crippen LogP contribution in [0.25, 0.3) is 0 Å². The lowest BCUT2D eigenvalue weighted by Gasteiger charge is -2.18. The van der Waals surface area contributed by atoms with E-state index in [1.54, 1.807) is 29.6 Å². The highest BCUT2D eigenvalue weighted by atomic mass is 16.4. The summed E-state index contributed by atoms with van der Waals surface area (Å²) in [6, 6.07) is 7.37. The second kappa shape index (κ2) is 5.97. The van der Waals surface area contributed by atoms with E-state index in [1.165, 1.54) is 0 Å². The highest BCUT2D eigenvalue weighted by Crippen LogP contribution is 2.09. The van der Waals surface area contributed by atoms with Gasteiger partial charge in [0.2, 0.25) is 0 Å². The first-order valence-corrected chi connectivity index (χ1v) is 5.59. The molecule has 0 spiro atoms. The summed E-state index contributed by atoms with van der Waals surface area (Å²) in [7, 11) is 0. The SMILES string of the molecule is O=C(O)CN(Cc1ccncc1)Cc1ccco1. The molecule has 2 heterocycles. The number of aliphatic carboxylic acids is 1. The molecule has 0 unspecified atom stereocenters. The number of furan rings is 1. The molecular formula is C13H14N2O3. The third-order valence-corrected chi connectivity index (χ3v) is 2.47. The van der Waals surface area contributed by atoms with Gasteiger partial charge in [-0.25, -0.2) is 0 Å². The topological polar surface area (TPSA) is 66.6 Å². The van der Waals surface area contributed by atoms with Crippen molar-refractivity contribution in [3.63, 3.8) is 0 Å². The second-order valence-corrected chi connectivity index (χ2v) is 3.97. The van der Waals surface area contributed by atoms with Gasteiger partial charge in [0, 0.05) is 18.9 Å². The fraction of sp³-hybridized carbons (Fsp3) is 0.231. The standard InChI is InChI=1S/C13H14N2O3/c16-13(17)10-15(9-12-2-1-7-18-12)8-11-3-5-14-6-4-11/h1-7H,8-10H2,(H,16,17). The van der Waals surface area contributed by atoms with Gasteiger partial charge in [-0.05, 0) is 29.8 Å². The maximum atomic E-state index is 10.8. The summed E-state index contributed by atoms with van der Waals surface area (Å²) in [4.78, 5) is 16.6. The van der Waals surface area contributed by atoms with Crippen molar-refractivity contribution in [1.29, 1.82) is 0 Å². The summed E-state index contributed by atoms with van der Waals surface area (Å²) in [6.07, 6.45) is 4.98. The summed E-state index contributed by atoms with van der Waals surface area (Å²) in [5.74, 6) is -0.0964. The van der Waals surface area contributed by atoms with Gasteiger partial charge in [0.25, 0.3) is 0 Å². The lowest BCUT2D eigenvalue weighted by atomic mass is 10.2. The second-order valence-electron chi connectivity index (χ2n) is 3.97. The van der Waals surface area contributed by atoms with Crippen molar-refractivity contribution < 1.29 is 14.3 Å². The molecule has 0 aliphatic heterocycles. The molecule has 0 saturated heterocycles. The van der Waals surface area contributed by atoms with Gasteiger partial charge >= 0.3 is 5.97 Å². The van der Waals surface area contributed by atoms with E-state index in [0.29, 0.717) is 13.1 Å². The van der Waals surface area contributed by atoms with E-state index >= 15 is 0 Å². The van der Waals surface area contributed by atoms with Crippen molar-refractivity contribution in [2.24, 2.45) is 0 Å². The third kappa shape index (κ3) is 3.71. The molecule has 5 heteroatoms. The molecule has 2 aromatic heterocycles. The number of carboxylic acid groups (broad SMARTS) is 1. The number of rotatable bonds is 6. The van der Waals surface area contributed by atoms with E-state index in [2.05, 4.69) is 4.98 Å². The number of hydrogen-bond donors (Lipinski definition) is 1. The van der Waals surface area contributed by atoms with Gasteiger partial charge in [-0.1, -0.05) is 0 Å². The van der Waals surface area contributed by atoms with Crippen molar-refractivity contribution in [2.45, 2.75) is 13.1 Å². The average molecular weight is 246 g/mol. The number of hydrogen-bond acceptors (Lipinski definition) is 4. The van der Waals surface area contributed by atoms with E-state index in [0.717, 1.165) is 11.3 Å². The Hall–Kier alpha value is -2.14. The van der Waals surface area contributed by atoms with E-state index in [9.17, 15) is 4.79 Å². The zero-order chi connectivity index (χ0) is 12.8. The predicted molar refractivity (Wildman–Crippen MR) is 64.7 cm³/mol. The summed E-state index contributed by atoms with van der Waals surface area (Å²) in [5, 5.41) is 8.91. The van der Waals surface area contributed by atoms with Crippen LogP contribution in [0.2, 0.25) is 0 Å². The fourth-order valence-electron chi connectivity index (χ4n) is 1.73. The molecule has 0 radical (unpaired) electrons. The highest BCUT2D eigenvalue weighted by Gasteiger charge is 2.12. The Morgan fingerprint density at radius 2 is 2.06 bits per heavy atom. The summed E-state index contributed by atoms with van der Waals surface area (Å²) < 4.78 is 5.24. The number of nitrogens with zero attached hydrogens (tertiary/aromatic N) is 2. The Balaban J connectivity index is 2.03.